The van der Waals surface area contributed by atoms with E-state index in [0.29, 0.717) is 0 Å². The van der Waals surface area contributed by atoms with Gasteiger partial charge in [0.1, 0.15) is 0 Å². The zero-order valence-corrected chi connectivity index (χ0v) is 9.10. The van der Waals surface area contributed by atoms with E-state index in [-0.39, 0.29) is 29.6 Å². The molecule has 1 saturated heterocycles. The van der Waals surface area contributed by atoms with Crippen molar-refractivity contribution < 1.29 is 4.74 Å². The zero-order valence-electron chi connectivity index (χ0n) is 7.10. The Kier molecular flexibility index (Phi) is 7.23. The van der Waals surface area contributed by atoms with E-state index in [2.05, 4.69) is 11.8 Å². The van der Waals surface area contributed by atoms with Crippen LogP contribution in [0, 0.1) is 0 Å². The predicted molar refractivity (Wildman–Crippen MR) is 43.3 cm³/mol. The zero-order chi connectivity index (χ0) is 6.53. The Balaban J connectivity index is 0.000000810. The average molecular weight is 152 g/mol. The van der Waals surface area contributed by atoms with Gasteiger partial charge in [-0.05, 0) is 13.0 Å². The number of ether oxygens (including phenoxy) is 1. The third-order valence-electron chi connectivity index (χ3n) is 1.64. The van der Waals surface area contributed by atoms with Crippen LogP contribution in [0.15, 0.2) is 0 Å². The molecule has 0 aromatic rings. The van der Waals surface area contributed by atoms with Gasteiger partial charge in [0.25, 0.3) is 0 Å². The first-order valence-corrected chi connectivity index (χ1v) is 3.73. The fourth-order valence-corrected chi connectivity index (χ4v) is 1.14. The summed E-state index contributed by atoms with van der Waals surface area (Å²) in [6.45, 7) is 7.58. The third kappa shape index (κ3) is 3.94. The first-order chi connectivity index (χ1) is 4.43. The van der Waals surface area contributed by atoms with Gasteiger partial charge in [0.2, 0.25) is 0 Å². The van der Waals surface area contributed by atoms with Crippen LogP contribution in [-0.4, -0.2) is 67.3 Å². The van der Waals surface area contributed by atoms with Gasteiger partial charge in [-0.2, -0.15) is 0 Å². The van der Waals surface area contributed by atoms with E-state index in [1.165, 1.54) is 13.0 Å². The summed E-state index contributed by atoms with van der Waals surface area (Å²) < 4.78 is 5.20. The van der Waals surface area contributed by atoms with E-state index in [4.69, 9.17) is 4.74 Å². The van der Waals surface area contributed by atoms with E-state index in [1.807, 2.05) is 0 Å². The first kappa shape index (κ1) is 10.9. The van der Waals surface area contributed by atoms with Crippen LogP contribution < -0.4 is 0 Å². The topological polar surface area (TPSA) is 12.5 Å². The number of hydrogen-bond donors (Lipinski definition) is 0. The first-order valence-electron chi connectivity index (χ1n) is 3.73. The summed E-state index contributed by atoms with van der Waals surface area (Å²) in [5, 5.41) is 0. The number of hydrogen-bond acceptors (Lipinski definition) is 2. The monoisotopic (exact) mass is 152 g/mol. The van der Waals surface area contributed by atoms with E-state index in [1.54, 1.807) is 0 Å². The Hall–Kier alpha value is 0.920. The van der Waals surface area contributed by atoms with Crippen molar-refractivity contribution in [2.24, 2.45) is 0 Å². The Labute approximate surface area is 85.2 Å². The van der Waals surface area contributed by atoms with Crippen LogP contribution in [0.25, 0.3) is 0 Å². The minimum absolute atomic E-state index is 0. The van der Waals surface area contributed by atoms with Crippen LogP contribution in [0.1, 0.15) is 13.3 Å². The van der Waals surface area contributed by atoms with E-state index in [0.717, 1.165) is 26.3 Å². The molecule has 0 saturated carbocycles. The van der Waals surface area contributed by atoms with Gasteiger partial charge in [0.15, 0.2) is 0 Å². The molecule has 1 heterocycles. The summed E-state index contributed by atoms with van der Waals surface area (Å²) in [7, 11) is 0. The minimum atomic E-state index is 0. The minimum Gasteiger partial charge on any atom is -0.379 e. The maximum absolute atomic E-state index is 5.20. The normalized spacial score (nSPS) is 20.1. The van der Waals surface area contributed by atoms with Crippen molar-refractivity contribution in [2.45, 2.75) is 13.3 Å². The molecule has 0 bridgehead atoms. The van der Waals surface area contributed by atoms with Crippen molar-refractivity contribution in [3.63, 3.8) is 0 Å². The van der Waals surface area contributed by atoms with Gasteiger partial charge < -0.3 is 4.74 Å². The van der Waals surface area contributed by atoms with Crippen LogP contribution in [0.3, 0.4) is 0 Å². The molecule has 0 spiro atoms. The van der Waals surface area contributed by atoms with Crippen LogP contribution >= 0.6 is 0 Å². The average Bonchev–Trinajstić information content (AvgIpc) is 1.91. The summed E-state index contributed by atoms with van der Waals surface area (Å²) in [4.78, 5) is 2.45. The summed E-state index contributed by atoms with van der Waals surface area (Å²) in [5.74, 6) is 0. The van der Waals surface area contributed by atoms with Crippen LogP contribution in [0.2, 0.25) is 0 Å². The summed E-state index contributed by atoms with van der Waals surface area (Å²) in [6, 6.07) is 0. The van der Waals surface area contributed by atoms with Crippen molar-refractivity contribution in [1.29, 1.82) is 0 Å². The number of morpholine rings is 1. The second-order valence-electron chi connectivity index (χ2n) is 2.45. The van der Waals surface area contributed by atoms with Crippen molar-refractivity contribution in [3.8, 4) is 0 Å². The molecular weight excluding hydrogens is 137 g/mol. The SMILES string of the molecule is CCCN1CCOCC1.[Na]. The summed E-state index contributed by atoms with van der Waals surface area (Å²) in [6.07, 6.45) is 1.26. The Morgan fingerprint density at radius 3 is 2.40 bits per heavy atom. The second kappa shape index (κ2) is 6.62. The molecule has 0 unspecified atom stereocenters. The van der Waals surface area contributed by atoms with Gasteiger partial charge in [0, 0.05) is 42.6 Å². The Morgan fingerprint density at radius 2 is 1.90 bits per heavy atom. The Bertz CT molecular complexity index is 71.3. The van der Waals surface area contributed by atoms with Gasteiger partial charge in [-0.15, -0.1) is 0 Å². The van der Waals surface area contributed by atoms with Crippen LogP contribution in [-0.2, 0) is 4.74 Å². The number of nitrogens with zero attached hydrogens (tertiary/aromatic N) is 1. The fourth-order valence-electron chi connectivity index (χ4n) is 1.14. The van der Waals surface area contributed by atoms with Gasteiger partial charge in [-0.1, -0.05) is 6.92 Å². The molecule has 1 aliphatic heterocycles. The van der Waals surface area contributed by atoms with Crippen molar-refractivity contribution >= 4 is 29.6 Å². The van der Waals surface area contributed by atoms with E-state index in [9.17, 15) is 0 Å². The molecule has 1 rings (SSSR count). The standard InChI is InChI=1S/C7H15NO.Na/c1-2-3-8-4-6-9-7-5-8;/h2-7H2,1H3;. The van der Waals surface area contributed by atoms with Gasteiger partial charge in [-0.25, -0.2) is 0 Å². The van der Waals surface area contributed by atoms with Gasteiger partial charge in [-0.3, -0.25) is 4.90 Å². The molecule has 10 heavy (non-hydrogen) atoms. The van der Waals surface area contributed by atoms with Crippen molar-refractivity contribution in [2.75, 3.05) is 32.8 Å². The molecule has 1 fully saturated rings. The quantitative estimate of drug-likeness (QED) is 0.529. The molecule has 2 nitrogen and oxygen atoms in total. The second-order valence-corrected chi connectivity index (χ2v) is 2.45. The van der Waals surface area contributed by atoms with Crippen LogP contribution in [0.5, 0.6) is 0 Å². The Morgan fingerprint density at radius 1 is 1.30 bits per heavy atom. The van der Waals surface area contributed by atoms with Crippen molar-refractivity contribution in [3.05, 3.63) is 0 Å². The molecule has 0 N–H and O–H groups in total. The molecule has 0 aromatic carbocycles. The largest absolute Gasteiger partial charge is 0.379 e. The molecule has 55 valence electrons. The maximum Gasteiger partial charge on any atom is 0.0594 e. The molecule has 0 atom stereocenters. The van der Waals surface area contributed by atoms with Gasteiger partial charge in [0.05, 0.1) is 13.2 Å². The molecule has 1 aliphatic rings. The number of rotatable bonds is 2. The van der Waals surface area contributed by atoms with E-state index >= 15 is 0 Å². The van der Waals surface area contributed by atoms with Crippen molar-refractivity contribution in [1.82, 2.24) is 4.90 Å². The smallest absolute Gasteiger partial charge is 0.0594 e. The van der Waals surface area contributed by atoms with E-state index < -0.39 is 0 Å². The molecule has 1 radical (unpaired) electrons. The van der Waals surface area contributed by atoms with Gasteiger partial charge >= 0.3 is 0 Å². The predicted octanol–water partition coefficient (Wildman–Crippen LogP) is 0.348. The molecule has 0 amide bonds. The molecule has 0 aliphatic carbocycles. The molecule has 3 heteroatoms. The third-order valence-corrected chi connectivity index (χ3v) is 1.64. The van der Waals surface area contributed by atoms with Crippen LogP contribution in [0.4, 0.5) is 0 Å². The summed E-state index contributed by atoms with van der Waals surface area (Å²) >= 11 is 0. The molecular formula is C7H15NNaO. The maximum atomic E-state index is 5.20. The molecule has 0 aromatic heterocycles. The summed E-state index contributed by atoms with van der Waals surface area (Å²) in [5.41, 5.74) is 0. The fraction of sp³-hybridized carbons (Fsp3) is 1.00.